The molecule has 3 nitrogen and oxygen atoms in total. The van der Waals surface area contributed by atoms with Crippen molar-refractivity contribution < 1.29 is 27.5 Å². The lowest BCUT2D eigenvalue weighted by Crippen LogP contribution is -2.09. The van der Waals surface area contributed by atoms with Crippen LogP contribution in [0, 0.1) is 0 Å². The smallest absolute Gasteiger partial charge is 0.417 e. The molecule has 0 fully saturated rings. The second-order valence-corrected chi connectivity index (χ2v) is 4.71. The Morgan fingerprint density at radius 2 is 2.11 bits per heavy atom. The lowest BCUT2D eigenvalue weighted by atomic mass is 10.1. The number of rotatable bonds is 5. The molecule has 1 aromatic carbocycles. The van der Waals surface area contributed by atoms with Crippen LogP contribution >= 0.6 is 11.8 Å². The predicted octanol–water partition coefficient (Wildman–Crippen LogP) is 3.17. The molecule has 1 aromatic rings. The standard InChI is InChI=1S/C12H11F3O3S/c1-18-11(17)4-5-19-9-3-2-8(7-16)10(6-9)12(13,14)15/h2-3,6-7H,4-5H2,1H3. The molecule has 0 amide bonds. The van der Waals surface area contributed by atoms with Crippen molar-refractivity contribution in [2.24, 2.45) is 0 Å². The minimum atomic E-state index is -4.57. The molecule has 0 aliphatic rings. The summed E-state index contributed by atoms with van der Waals surface area (Å²) in [6.45, 7) is 0. The van der Waals surface area contributed by atoms with Crippen LogP contribution in [0.25, 0.3) is 0 Å². The van der Waals surface area contributed by atoms with Crippen molar-refractivity contribution in [3.63, 3.8) is 0 Å². The number of esters is 1. The minimum Gasteiger partial charge on any atom is -0.469 e. The first-order chi connectivity index (χ1) is 8.88. The summed E-state index contributed by atoms with van der Waals surface area (Å²) in [6.07, 6.45) is -4.29. The van der Waals surface area contributed by atoms with E-state index in [1.165, 1.54) is 13.2 Å². The molecule has 0 atom stereocenters. The number of hydrogen-bond acceptors (Lipinski definition) is 4. The molecule has 0 N–H and O–H groups in total. The quantitative estimate of drug-likeness (QED) is 0.475. The third-order valence-electron chi connectivity index (χ3n) is 2.26. The third kappa shape index (κ3) is 4.59. The maximum Gasteiger partial charge on any atom is 0.417 e. The van der Waals surface area contributed by atoms with E-state index < -0.39 is 23.3 Å². The van der Waals surface area contributed by atoms with Gasteiger partial charge >= 0.3 is 12.1 Å². The second kappa shape index (κ2) is 6.60. The van der Waals surface area contributed by atoms with Crippen molar-refractivity contribution in [1.29, 1.82) is 0 Å². The van der Waals surface area contributed by atoms with E-state index in [0.717, 1.165) is 23.9 Å². The van der Waals surface area contributed by atoms with Gasteiger partial charge in [-0.1, -0.05) is 0 Å². The molecule has 19 heavy (non-hydrogen) atoms. The van der Waals surface area contributed by atoms with Crippen molar-refractivity contribution in [3.8, 4) is 0 Å². The van der Waals surface area contributed by atoms with E-state index >= 15 is 0 Å². The minimum absolute atomic E-state index is 0.109. The molecule has 104 valence electrons. The molecule has 0 aliphatic heterocycles. The first-order valence-corrected chi connectivity index (χ1v) is 6.23. The zero-order valence-electron chi connectivity index (χ0n) is 9.99. The summed E-state index contributed by atoms with van der Waals surface area (Å²) < 4.78 is 42.5. The summed E-state index contributed by atoms with van der Waals surface area (Å²) in [5.41, 5.74) is -1.37. The fourth-order valence-electron chi connectivity index (χ4n) is 1.33. The first-order valence-electron chi connectivity index (χ1n) is 5.24. The highest BCUT2D eigenvalue weighted by molar-refractivity contribution is 7.99. The van der Waals surface area contributed by atoms with Crippen LogP contribution in [0.3, 0.4) is 0 Å². The molecule has 0 spiro atoms. The van der Waals surface area contributed by atoms with E-state index in [-0.39, 0.29) is 12.7 Å². The molecule has 0 heterocycles. The molecule has 1 rings (SSSR count). The summed E-state index contributed by atoms with van der Waals surface area (Å²) in [5.74, 6) is -0.113. The lowest BCUT2D eigenvalue weighted by molar-refractivity contribution is -0.140. The maximum atomic E-state index is 12.7. The van der Waals surface area contributed by atoms with Gasteiger partial charge in [0.05, 0.1) is 19.1 Å². The molecule has 0 aromatic heterocycles. The molecule has 0 aliphatic carbocycles. The molecule has 0 saturated heterocycles. The fraction of sp³-hybridized carbons (Fsp3) is 0.333. The van der Waals surface area contributed by atoms with Gasteiger partial charge in [-0.25, -0.2) is 0 Å². The Balaban J connectivity index is 2.81. The zero-order valence-corrected chi connectivity index (χ0v) is 10.8. The number of carbonyl (C=O) groups excluding carboxylic acids is 2. The van der Waals surface area contributed by atoms with Crippen LogP contribution in [0.2, 0.25) is 0 Å². The largest absolute Gasteiger partial charge is 0.469 e. The van der Waals surface area contributed by atoms with Gasteiger partial charge in [0.25, 0.3) is 0 Å². The Bertz CT molecular complexity index is 472. The van der Waals surface area contributed by atoms with Crippen molar-refractivity contribution in [2.75, 3.05) is 12.9 Å². The average Bonchev–Trinajstić information content (AvgIpc) is 2.37. The number of thioether (sulfide) groups is 1. The van der Waals surface area contributed by atoms with Gasteiger partial charge < -0.3 is 4.74 Å². The predicted molar refractivity (Wildman–Crippen MR) is 64.2 cm³/mol. The van der Waals surface area contributed by atoms with E-state index in [9.17, 15) is 22.8 Å². The molecule has 7 heteroatoms. The number of benzene rings is 1. The highest BCUT2D eigenvalue weighted by atomic mass is 32.2. The third-order valence-corrected chi connectivity index (χ3v) is 3.26. The molecule has 0 saturated carbocycles. The molecular formula is C12H11F3O3S. The normalized spacial score (nSPS) is 11.2. The van der Waals surface area contributed by atoms with Gasteiger partial charge in [-0.05, 0) is 18.2 Å². The second-order valence-electron chi connectivity index (χ2n) is 3.54. The Labute approximate surface area is 112 Å². The zero-order chi connectivity index (χ0) is 14.5. The highest BCUT2D eigenvalue weighted by Crippen LogP contribution is 2.34. The van der Waals surface area contributed by atoms with Gasteiger partial charge in [0.2, 0.25) is 0 Å². The van der Waals surface area contributed by atoms with Crippen LogP contribution in [0.4, 0.5) is 13.2 Å². The van der Waals surface area contributed by atoms with Gasteiger partial charge in [-0.15, -0.1) is 11.8 Å². The van der Waals surface area contributed by atoms with Crippen LogP contribution in [0.5, 0.6) is 0 Å². The summed E-state index contributed by atoms with van der Waals surface area (Å²) in [4.78, 5) is 21.8. The van der Waals surface area contributed by atoms with Crippen LogP contribution in [-0.4, -0.2) is 25.1 Å². The molecule has 0 bridgehead atoms. The van der Waals surface area contributed by atoms with Crippen LogP contribution in [-0.2, 0) is 15.7 Å². The Morgan fingerprint density at radius 3 is 2.63 bits per heavy atom. The topological polar surface area (TPSA) is 43.4 Å². The Hall–Kier alpha value is -1.50. The van der Waals surface area contributed by atoms with Gasteiger partial charge in [0, 0.05) is 16.2 Å². The van der Waals surface area contributed by atoms with Gasteiger partial charge in [0.15, 0.2) is 6.29 Å². The molecule has 0 unspecified atom stereocenters. The number of aldehydes is 1. The van der Waals surface area contributed by atoms with E-state index in [1.54, 1.807) is 0 Å². The van der Waals surface area contributed by atoms with E-state index in [4.69, 9.17) is 0 Å². The highest BCUT2D eigenvalue weighted by Gasteiger charge is 2.33. The monoisotopic (exact) mass is 292 g/mol. The van der Waals surface area contributed by atoms with Crippen LogP contribution < -0.4 is 0 Å². The van der Waals surface area contributed by atoms with E-state index in [2.05, 4.69) is 4.74 Å². The van der Waals surface area contributed by atoms with Crippen molar-refractivity contribution in [1.82, 2.24) is 0 Å². The Kier molecular flexibility index (Phi) is 5.41. The number of alkyl halides is 3. The van der Waals surface area contributed by atoms with E-state index in [0.29, 0.717) is 10.6 Å². The molecular weight excluding hydrogens is 281 g/mol. The van der Waals surface area contributed by atoms with Crippen molar-refractivity contribution in [3.05, 3.63) is 29.3 Å². The van der Waals surface area contributed by atoms with Crippen molar-refractivity contribution >= 4 is 24.0 Å². The maximum absolute atomic E-state index is 12.7. The van der Waals surface area contributed by atoms with Crippen LogP contribution in [0.15, 0.2) is 23.1 Å². The number of methoxy groups -OCH3 is 1. The number of carbonyl (C=O) groups is 2. The summed E-state index contributed by atoms with van der Waals surface area (Å²) in [7, 11) is 1.24. The summed E-state index contributed by atoms with van der Waals surface area (Å²) >= 11 is 1.10. The van der Waals surface area contributed by atoms with Crippen molar-refractivity contribution in [2.45, 2.75) is 17.5 Å². The van der Waals surface area contributed by atoms with Gasteiger partial charge in [-0.2, -0.15) is 13.2 Å². The number of ether oxygens (including phenoxy) is 1. The average molecular weight is 292 g/mol. The summed E-state index contributed by atoms with van der Waals surface area (Å²) in [5, 5.41) is 0. The Morgan fingerprint density at radius 1 is 1.42 bits per heavy atom. The van der Waals surface area contributed by atoms with Crippen LogP contribution in [0.1, 0.15) is 22.3 Å². The summed E-state index contributed by atoms with van der Waals surface area (Å²) in [6, 6.07) is 3.45. The van der Waals surface area contributed by atoms with Gasteiger partial charge in [0.1, 0.15) is 0 Å². The van der Waals surface area contributed by atoms with E-state index in [1.807, 2.05) is 0 Å². The lowest BCUT2D eigenvalue weighted by Gasteiger charge is -2.11. The van der Waals surface area contributed by atoms with Gasteiger partial charge in [-0.3, -0.25) is 9.59 Å². The fourth-order valence-corrected chi connectivity index (χ4v) is 2.20. The first kappa shape index (κ1) is 15.6. The number of hydrogen-bond donors (Lipinski definition) is 0. The number of halogens is 3. The SMILES string of the molecule is COC(=O)CCSc1ccc(C=O)c(C(F)(F)F)c1. The molecule has 0 radical (unpaired) electrons.